The Hall–Kier alpha value is -3.39. The van der Waals surface area contributed by atoms with Gasteiger partial charge < -0.3 is 5.32 Å². The van der Waals surface area contributed by atoms with E-state index in [0.717, 1.165) is 16.8 Å². The van der Waals surface area contributed by atoms with E-state index in [1.165, 1.54) is 16.3 Å². The number of amides is 2. The van der Waals surface area contributed by atoms with Crippen LogP contribution in [0, 0.1) is 5.92 Å². The number of benzene rings is 1. The fourth-order valence-electron chi connectivity index (χ4n) is 2.95. The molecule has 2 amide bonds. The molecule has 0 aliphatic carbocycles. The molecule has 0 spiro atoms. The van der Waals surface area contributed by atoms with Gasteiger partial charge in [0.15, 0.2) is 11.0 Å². The van der Waals surface area contributed by atoms with Gasteiger partial charge in [-0.05, 0) is 24.6 Å². The van der Waals surface area contributed by atoms with Crippen LogP contribution in [0.25, 0.3) is 11.3 Å². The molecule has 28 heavy (non-hydrogen) atoms. The van der Waals surface area contributed by atoms with Crippen LogP contribution in [-0.4, -0.2) is 32.5 Å². The molecule has 0 saturated heterocycles. The Kier molecular flexibility index (Phi) is 4.94. The van der Waals surface area contributed by atoms with Gasteiger partial charge in [-0.25, -0.2) is 9.99 Å². The number of thiazole rings is 1. The number of hydrogen-bond acceptors (Lipinski definition) is 6. The van der Waals surface area contributed by atoms with E-state index < -0.39 is 11.8 Å². The van der Waals surface area contributed by atoms with Gasteiger partial charge in [-0.2, -0.15) is 5.10 Å². The van der Waals surface area contributed by atoms with Gasteiger partial charge in [0.2, 0.25) is 5.91 Å². The Labute approximate surface area is 165 Å². The zero-order valence-corrected chi connectivity index (χ0v) is 15.9. The number of carbonyl (C=O) groups excluding carboxylic acids is 2. The molecule has 3 heterocycles. The lowest BCUT2D eigenvalue weighted by Gasteiger charge is -2.14. The monoisotopic (exact) mass is 391 g/mol. The van der Waals surface area contributed by atoms with Gasteiger partial charge in [0.1, 0.15) is 0 Å². The first-order valence-electron chi connectivity index (χ1n) is 8.69. The van der Waals surface area contributed by atoms with E-state index in [1.807, 2.05) is 47.8 Å². The van der Waals surface area contributed by atoms with Crippen LogP contribution in [0.4, 0.5) is 5.13 Å². The lowest BCUT2D eigenvalue weighted by Crippen LogP contribution is -2.36. The van der Waals surface area contributed by atoms with E-state index in [1.54, 1.807) is 19.3 Å². The SMILES string of the molecule is CC1=NN(Cc2ccccc2)C(=O)C1C(=O)Nc1nc(-c2cccnc2)cs1. The molecule has 0 radical (unpaired) electrons. The molecule has 8 heteroatoms. The van der Waals surface area contributed by atoms with Crippen LogP contribution in [0.15, 0.2) is 65.3 Å². The quantitative estimate of drug-likeness (QED) is 0.677. The molecule has 1 atom stereocenters. The molecule has 0 fully saturated rings. The van der Waals surface area contributed by atoms with Gasteiger partial charge in [0.05, 0.1) is 18.0 Å². The summed E-state index contributed by atoms with van der Waals surface area (Å²) in [6, 6.07) is 13.3. The first kappa shape index (κ1) is 18.0. The lowest BCUT2D eigenvalue weighted by atomic mass is 10.0. The van der Waals surface area contributed by atoms with Crippen LogP contribution in [0.5, 0.6) is 0 Å². The Bertz CT molecular complexity index is 1030. The third kappa shape index (κ3) is 3.67. The first-order valence-corrected chi connectivity index (χ1v) is 9.57. The smallest absolute Gasteiger partial charge is 0.261 e. The molecule has 1 aliphatic rings. The zero-order chi connectivity index (χ0) is 19.5. The van der Waals surface area contributed by atoms with Crippen LogP contribution in [0.3, 0.4) is 0 Å². The summed E-state index contributed by atoms with van der Waals surface area (Å²) in [5.74, 6) is -1.69. The molecule has 0 bridgehead atoms. The second-order valence-electron chi connectivity index (χ2n) is 6.32. The summed E-state index contributed by atoms with van der Waals surface area (Å²) in [5.41, 5.74) is 3.02. The number of carbonyl (C=O) groups is 2. The van der Waals surface area contributed by atoms with E-state index in [2.05, 4.69) is 20.4 Å². The van der Waals surface area contributed by atoms with E-state index in [0.29, 0.717) is 17.4 Å². The fraction of sp³-hybridized carbons (Fsp3) is 0.150. The maximum Gasteiger partial charge on any atom is 0.261 e. The van der Waals surface area contributed by atoms with Crippen LogP contribution in [0.2, 0.25) is 0 Å². The summed E-state index contributed by atoms with van der Waals surface area (Å²) in [7, 11) is 0. The first-order chi connectivity index (χ1) is 13.6. The fourth-order valence-corrected chi connectivity index (χ4v) is 3.67. The minimum atomic E-state index is -0.936. The van der Waals surface area contributed by atoms with Crippen molar-refractivity contribution in [1.29, 1.82) is 0 Å². The molecule has 1 aromatic carbocycles. The van der Waals surface area contributed by atoms with Crippen molar-refractivity contribution < 1.29 is 9.59 Å². The van der Waals surface area contributed by atoms with Crippen LogP contribution >= 0.6 is 11.3 Å². The van der Waals surface area contributed by atoms with Gasteiger partial charge in [0.25, 0.3) is 5.91 Å². The van der Waals surface area contributed by atoms with E-state index in [9.17, 15) is 9.59 Å². The summed E-state index contributed by atoms with van der Waals surface area (Å²) < 4.78 is 0. The number of rotatable bonds is 5. The van der Waals surface area contributed by atoms with Crippen molar-refractivity contribution in [2.45, 2.75) is 13.5 Å². The Balaban J connectivity index is 1.44. The Morgan fingerprint density at radius 2 is 2.04 bits per heavy atom. The van der Waals surface area contributed by atoms with Crippen molar-refractivity contribution in [3.05, 3.63) is 65.8 Å². The molecule has 4 rings (SSSR count). The minimum Gasteiger partial charge on any atom is -0.301 e. The Morgan fingerprint density at radius 3 is 2.79 bits per heavy atom. The van der Waals surface area contributed by atoms with Gasteiger partial charge in [0, 0.05) is 23.3 Å². The second-order valence-corrected chi connectivity index (χ2v) is 7.18. The standard InChI is InChI=1S/C20H17N5O2S/c1-13-17(19(27)25(24-13)11-14-6-3-2-4-7-14)18(26)23-20-22-16(12-28-20)15-8-5-9-21-10-15/h2-10,12,17H,11H2,1H3,(H,22,23,26). The predicted octanol–water partition coefficient (Wildman–Crippen LogP) is 3.18. The largest absolute Gasteiger partial charge is 0.301 e. The van der Waals surface area contributed by atoms with Crippen molar-refractivity contribution >= 4 is 34.0 Å². The summed E-state index contributed by atoms with van der Waals surface area (Å²) in [6.07, 6.45) is 3.40. The lowest BCUT2D eigenvalue weighted by molar-refractivity contribution is -0.136. The van der Waals surface area contributed by atoms with E-state index in [4.69, 9.17) is 0 Å². The van der Waals surface area contributed by atoms with Gasteiger partial charge in [-0.1, -0.05) is 30.3 Å². The minimum absolute atomic E-state index is 0.331. The summed E-state index contributed by atoms with van der Waals surface area (Å²) in [5, 5.41) is 10.6. The highest BCUT2D eigenvalue weighted by Gasteiger charge is 2.39. The number of hydrazone groups is 1. The van der Waals surface area contributed by atoms with E-state index in [-0.39, 0.29) is 5.91 Å². The molecule has 0 saturated carbocycles. The highest BCUT2D eigenvalue weighted by Crippen LogP contribution is 2.26. The molecule has 2 aromatic heterocycles. The van der Waals surface area contributed by atoms with Gasteiger partial charge in [-0.3, -0.25) is 14.6 Å². The number of nitrogens with zero attached hydrogens (tertiary/aromatic N) is 4. The molecular formula is C20H17N5O2S. The highest BCUT2D eigenvalue weighted by molar-refractivity contribution is 7.14. The molecule has 7 nitrogen and oxygen atoms in total. The maximum absolute atomic E-state index is 12.7. The van der Waals surface area contributed by atoms with Gasteiger partial charge in [-0.15, -0.1) is 11.3 Å². The van der Waals surface area contributed by atoms with Crippen molar-refractivity contribution in [2.75, 3.05) is 5.32 Å². The summed E-state index contributed by atoms with van der Waals surface area (Å²) in [6.45, 7) is 2.03. The summed E-state index contributed by atoms with van der Waals surface area (Å²) >= 11 is 1.30. The van der Waals surface area contributed by atoms with Crippen LogP contribution in [0.1, 0.15) is 12.5 Å². The van der Waals surface area contributed by atoms with Crippen LogP contribution < -0.4 is 5.32 Å². The van der Waals surface area contributed by atoms with Crippen LogP contribution in [-0.2, 0) is 16.1 Å². The molecule has 3 aromatic rings. The second kappa shape index (κ2) is 7.69. The Morgan fingerprint density at radius 1 is 1.21 bits per heavy atom. The highest BCUT2D eigenvalue weighted by atomic mass is 32.1. The number of hydrogen-bond donors (Lipinski definition) is 1. The van der Waals surface area contributed by atoms with Crippen molar-refractivity contribution in [2.24, 2.45) is 11.0 Å². The number of pyridine rings is 1. The maximum atomic E-state index is 12.7. The molecule has 140 valence electrons. The van der Waals surface area contributed by atoms with E-state index >= 15 is 0 Å². The third-order valence-electron chi connectivity index (χ3n) is 4.33. The predicted molar refractivity (Wildman–Crippen MR) is 108 cm³/mol. The molecule has 1 N–H and O–H groups in total. The molecule has 1 aliphatic heterocycles. The molecule has 1 unspecified atom stereocenters. The topological polar surface area (TPSA) is 87.5 Å². The molecular weight excluding hydrogens is 374 g/mol. The summed E-state index contributed by atoms with van der Waals surface area (Å²) in [4.78, 5) is 33.9. The zero-order valence-electron chi connectivity index (χ0n) is 15.1. The number of nitrogens with one attached hydrogen (secondary N) is 1. The van der Waals surface area contributed by atoms with Gasteiger partial charge >= 0.3 is 0 Å². The number of aromatic nitrogens is 2. The van der Waals surface area contributed by atoms with Crippen molar-refractivity contribution in [3.8, 4) is 11.3 Å². The third-order valence-corrected chi connectivity index (χ3v) is 5.08. The number of anilines is 1. The van der Waals surface area contributed by atoms with Crippen molar-refractivity contribution in [1.82, 2.24) is 15.0 Å². The van der Waals surface area contributed by atoms with Crippen molar-refractivity contribution in [3.63, 3.8) is 0 Å². The normalized spacial score (nSPS) is 16.2. The average Bonchev–Trinajstić information content (AvgIpc) is 3.28. The average molecular weight is 391 g/mol.